The first kappa shape index (κ1) is 13.1. The summed E-state index contributed by atoms with van der Waals surface area (Å²) in [5.74, 6) is 0.458. The number of methoxy groups -OCH3 is 1. The van der Waals surface area contributed by atoms with Gasteiger partial charge in [0, 0.05) is 6.20 Å². The van der Waals surface area contributed by atoms with E-state index in [-0.39, 0.29) is 19.0 Å². The summed E-state index contributed by atoms with van der Waals surface area (Å²) in [6.45, 7) is 0.239. The number of aromatic nitrogens is 1. The number of carbonyl (C=O) groups excluding carboxylic acids is 1. The van der Waals surface area contributed by atoms with E-state index in [1.54, 1.807) is 19.4 Å². The third-order valence-electron chi connectivity index (χ3n) is 2.59. The van der Waals surface area contributed by atoms with E-state index in [1.807, 2.05) is 36.4 Å². The molecule has 4 heteroatoms. The zero-order chi connectivity index (χ0) is 13.5. The first-order chi connectivity index (χ1) is 9.28. The highest BCUT2D eigenvalue weighted by Crippen LogP contribution is 2.13. The summed E-state index contributed by atoms with van der Waals surface area (Å²) in [5, 5.41) is 0. The number of pyridine rings is 1. The predicted molar refractivity (Wildman–Crippen MR) is 70.7 cm³/mol. The van der Waals surface area contributed by atoms with E-state index < -0.39 is 0 Å². The summed E-state index contributed by atoms with van der Waals surface area (Å²) in [6, 6.07) is 12.9. The molecule has 2 rings (SSSR count). The highest BCUT2D eigenvalue weighted by Gasteiger charge is 2.06. The van der Waals surface area contributed by atoms with Crippen molar-refractivity contribution in [2.24, 2.45) is 0 Å². The lowest BCUT2D eigenvalue weighted by Crippen LogP contribution is -2.08. The minimum Gasteiger partial charge on any atom is -0.497 e. The molecule has 2 aromatic rings. The molecule has 98 valence electrons. The summed E-state index contributed by atoms with van der Waals surface area (Å²) in [6.07, 6.45) is 1.84. The van der Waals surface area contributed by atoms with Crippen molar-refractivity contribution in [1.82, 2.24) is 4.98 Å². The standard InChI is InChI=1S/C15H15NO3/c1-18-14-7-4-5-12(9-14)11-19-15(17)10-13-6-2-3-8-16-13/h2-9H,10-11H2,1H3. The SMILES string of the molecule is COc1cccc(COC(=O)Cc2ccccn2)c1. The minimum absolute atomic E-state index is 0.185. The van der Waals surface area contributed by atoms with Crippen LogP contribution in [-0.2, 0) is 22.6 Å². The highest BCUT2D eigenvalue weighted by molar-refractivity contribution is 5.71. The summed E-state index contributed by atoms with van der Waals surface area (Å²) in [4.78, 5) is 15.7. The second-order valence-corrected chi connectivity index (χ2v) is 4.01. The van der Waals surface area contributed by atoms with Crippen molar-refractivity contribution < 1.29 is 14.3 Å². The molecular formula is C15H15NO3. The number of ether oxygens (including phenoxy) is 2. The molecule has 0 radical (unpaired) electrons. The first-order valence-electron chi connectivity index (χ1n) is 5.96. The molecule has 0 spiro atoms. The molecule has 1 aromatic heterocycles. The average Bonchev–Trinajstić information content (AvgIpc) is 2.46. The van der Waals surface area contributed by atoms with E-state index in [0.29, 0.717) is 5.69 Å². The monoisotopic (exact) mass is 257 g/mol. The molecule has 0 bridgehead atoms. The van der Waals surface area contributed by atoms with Crippen LogP contribution in [0.25, 0.3) is 0 Å². The van der Waals surface area contributed by atoms with Gasteiger partial charge in [-0.1, -0.05) is 18.2 Å². The van der Waals surface area contributed by atoms with Crippen LogP contribution in [0.4, 0.5) is 0 Å². The number of hydrogen-bond acceptors (Lipinski definition) is 4. The van der Waals surface area contributed by atoms with Gasteiger partial charge in [0.05, 0.1) is 19.2 Å². The fourth-order valence-corrected chi connectivity index (χ4v) is 1.63. The second kappa shape index (κ2) is 6.54. The minimum atomic E-state index is -0.290. The lowest BCUT2D eigenvalue weighted by atomic mass is 10.2. The van der Waals surface area contributed by atoms with Crippen molar-refractivity contribution in [3.63, 3.8) is 0 Å². The molecule has 0 amide bonds. The van der Waals surface area contributed by atoms with Gasteiger partial charge in [-0.25, -0.2) is 0 Å². The van der Waals surface area contributed by atoms with Crippen molar-refractivity contribution in [3.8, 4) is 5.75 Å². The Balaban J connectivity index is 1.86. The lowest BCUT2D eigenvalue weighted by Gasteiger charge is -2.06. The maximum Gasteiger partial charge on any atom is 0.312 e. The highest BCUT2D eigenvalue weighted by atomic mass is 16.5. The quantitative estimate of drug-likeness (QED) is 0.772. The molecule has 0 atom stereocenters. The number of hydrogen-bond donors (Lipinski definition) is 0. The van der Waals surface area contributed by atoms with Gasteiger partial charge in [0.15, 0.2) is 0 Å². The molecular weight excluding hydrogens is 242 g/mol. The maximum atomic E-state index is 11.6. The average molecular weight is 257 g/mol. The van der Waals surface area contributed by atoms with Crippen molar-refractivity contribution >= 4 is 5.97 Å². The Morgan fingerprint density at radius 3 is 2.84 bits per heavy atom. The Bertz CT molecular complexity index is 540. The largest absolute Gasteiger partial charge is 0.497 e. The van der Waals surface area contributed by atoms with Gasteiger partial charge in [0.2, 0.25) is 0 Å². The van der Waals surface area contributed by atoms with Gasteiger partial charge >= 0.3 is 5.97 Å². The van der Waals surface area contributed by atoms with Crippen LogP contribution < -0.4 is 4.74 Å². The van der Waals surface area contributed by atoms with Crippen LogP contribution in [0.5, 0.6) is 5.75 Å². The van der Waals surface area contributed by atoms with E-state index in [0.717, 1.165) is 11.3 Å². The van der Waals surface area contributed by atoms with Gasteiger partial charge in [-0.2, -0.15) is 0 Å². The van der Waals surface area contributed by atoms with Crippen molar-refractivity contribution in [1.29, 1.82) is 0 Å². The molecule has 0 saturated carbocycles. The normalized spacial score (nSPS) is 9.95. The Morgan fingerprint density at radius 2 is 2.11 bits per heavy atom. The topological polar surface area (TPSA) is 48.4 Å². The van der Waals surface area contributed by atoms with E-state index in [2.05, 4.69) is 4.98 Å². The lowest BCUT2D eigenvalue weighted by molar-refractivity contribution is -0.144. The van der Waals surface area contributed by atoms with Crippen LogP contribution in [0.3, 0.4) is 0 Å². The molecule has 0 unspecified atom stereocenters. The molecule has 4 nitrogen and oxygen atoms in total. The molecule has 0 N–H and O–H groups in total. The maximum absolute atomic E-state index is 11.6. The van der Waals surface area contributed by atoms with Crippen LogP contribution in [0.2, 0.25) is 0 Å². The summed E-state index contributed by atoms with van der Waals surface area (Å²) < 4.78 is 10.3. The van der Waals surface area contributed by atoms with Gasteiger partial charge in [-0.3, -0.25) is 9.78 Å². The molecule has 1 aromatic carbocycles. The number of benzene rings is 1. The number of carbonyl (C=O) groups is 1. The fourth-order valence-electron chi connectivity index (χ4n) is 1.63. The summed E-state index contributed by atoms with van der Waals surface area (Å²) in [5.41, 5.74) is 1.60. The number of esters is 1. The van der Waals surface area contributed by atoms with Crippen LogP contribution in [0, 0.1) is 0 Å². The van der Waals surface area contributed by atoms with E-state index >= 15 is 0 Å². The Kier molecular flexibility index (Phi) is 4.50. The molecule has 0 aliphatic heterocycles. The van der Waals surface area contributed by atoms with Gasteiger partial charge in [-0.05, 0) is 29.8 Å². The Morgan fingerprint density at radius 1 is 1.21 bits per heavy atom. The Labute approximate surface area is 112 Å². The first-order valence-corrected chi connectivity index (χ1v) is 5.96. The smallest absolute Gasteiger partial charge is 0.312 e. The van der Waals surface area contributed by atoms with Crippen LogP contribution >= 0.6 is 0 Å². The molecule has 0 saturated heterocycles. The van der Waals surface area contributed by atoms with Crippen molar-refractivity contribution in [2.45, 2.75) is 13.0 Å². The van der Waals surface area contributed by atoms with E-state index in [9.17, 15) is 4.79 Å². The van der Waals surface area contributed by atoms with Gasteiger partial charge in [0.25, 0.3) is 0 Å². The molecule has 0 aliphatic carbocycles. The van der Waals surface area contributed by atoms with E-state index in [4.69, 9.17) is 9.47 Å². The van der Waals surface area contributed by atoms with Gasteiger partial charge in [-0.15, -0.1) is 0 Å². The molecule has 0 aliphatic rings. The summed E-state index contributed by atoms with van der Waals surface area (Å²) in [7, 11) is 1.60. The number of nitrogens with zero attached hydrogens (tertiary/aromatic N) is 1. The van der Waals surface area contributed by atoms with Crippen LogP contribution in [-0.4, -0.2) is 18.1 Å². The predicted octanol–water partition coefficient (Wildman–Crippen LogP) is 2.38. The number of rotatable bonds is 5. The zero-order valence-electron chi connectivity index (χ0n) is 10.7. The Hall–Kier alpha value is -2.36. The van der Waals surface area contributed by atoms with E-state index in [1.165, 1.54) is 0 Å². The van der Waals surface area contributed by atoms with Crippen LogP contribution in [0.15, 0.2) is 48.7 Å². The second-order valence-electron chi connectivity index (χ2n) is 4.01. The molecule has 0 fully saturated rings. The van der Waals surface area contributed by atoms with Crippen molar-refractivity contribution in [3.05, 3.63) is 59.9 Å². The zero-order valence-corrected chi connectivity index (χ0v) is 10.7. The molecule has 19 heavy (non-hydrogen) atoms. The third kappa shape index (κ3) is 4.10. The van der Waals surface area contributed by atoms with Gasteiger partial charge < -0.3 is 9.47 Å². The fraction of sp³-hybridized carbons (Fsp3) is 0.200. The third-order valence-corrected chi connectivity index (χ3v) is 2.59. The van der Waals surface area contributed by atoms with Crippen molar-refractivity contribution in [2.75, 3.05) is 7.11 Å². The summed E-state index contributed by atoms with van der Waals surface area (Å²) >= 11 is 0. The van der Waals surface area contributed by atoms with Crippen LogP contribution in [0.1, 0.15) is 11.3 Å². The molecule has 1 heterocycles. The van der Waals surface area contributed by atoms with Gasteiger partial charge in [0.1, 0.15) is 12.4 Å².